The van der Waals surface area contributed by atoms with Gasteiger partial charge in [-0.05, 0) is 30.9 Å². The van der Waals surface area contributed by atoms with Crippen molar-refractivity contribution in [3.05, 3.63) is 60.3 Å². The maximum Gasteiger partial charge on any atom is 0.243 e. The van der Waals surface area contributed by atoms with Gasteiger partial charge in [0.15, 0.2) is 0 Å². The van der Waals surface area contributed by atoms with Gasteiger partial charge in [-0.15, -0.1) is 0 Å². The van der Waals surface area contributed by atoms with Crippen molar-refractivity contribution in [3.63, 3.8) is 0 Å². The second-order valence-corrected chi connectivity index (χ2v) is 8.15. The van der Waals surface area contributed by atoms with Crippen molar-refractivity contribution in [2.24, 2.45) is 12.8 Å². The fraction of sp³-hybridized carbons (Fsp3) is 0.360. The summed E-state index contributed by atoms with van der Waals surface area (Å²) >= 11 is 0. The molecule has 0 aliphatic heterocycles. The molecule has 2 amide bonds. The molecule has 3 aromatic rings. The summed E-state index contributed by atoms with van der Waals surface area (Å²) in [5.41, 5.74) is 7.20. The minimum Gasteiger partial charge on any atom is -0.481 e. The van der Waals surface area contributed by atoms with Gasteiger partial charge >= 0.3 is 0 Å². The zero-order chi connectivity index (χ0) is 24.7. The molecule has 0 spiro atoms. The molecule has 2 aromatic heterocycles. The van der Waals surface area contributed by atoms with Gasteiger partial charge in [-0.3, -0.25) is 19.6 Å². The average Bonchev–Trinajstić information content (AvgIpc) is 3.22. The Hall–Kier alpha value is -3.72. The summed E-state index contributed by atoms with van der Waals surface area (Å²) in [5, 5.41) is 10.7. The number of pyridine rings is 1. The molecule has 0 bridgehead atoms. The molecule has 2 heterocycles. The van der Waals surface area contributed by atoms with Gasteiger partial charge in [0.2, 0.25) is 17.7 Å². The highest BCUT2D eigenvalue weighted by Crippen LogP contribution is 2.24. The SMILES string of the molecule is CCC(CC)(N[C@@H](Cc1ccccc1)C(=O)Nc1cc(-c2ccnc(OC)c2)nn1C)C(N)=O. The van der Waals surface area contributed by atoms with Crippen LogP contribution in [0.5, 0.6) is 5.88 Å². The zero-order valence-electron chi connectivity index (χ0n) is 20.0. The van der Waals surface area contributed by atoms with Crippen molar-refractivity contribution in [1.82, 2.24) is 20.1 Å². The standard InChI is InChI=1S/C25H32N6O3/c1-5-25(6-2,24(26)33)29-20(14-17-10-8-7-9-11-17)23(32)28-21-16-19(30-31(21)3)18-12-13-27-22(15-18)34-4/h7-13,15-16,20,29H,5-6,14H2,1-4H3,(H2,26,33)(H,28,32)/t20-/m0/s1. The molecule has 3 rings (SSSR count). The van der Waals surface area contributed by atoms with Gasteiger partial charge in [0.05, 0.1) is 24.4 Å². The Bertz CT molecular complexity index is 1120. The predicted octanol–water partition coefficient (Wildman–Crippen LogP) is 2.67. The zero-order valence-corrected chi connectivity index (χ0v) is 20.0. The lowest BCUT2D eigenvalue weighted by Crippen LogP contribution is -2.61. The van der Waals surface area contributed by atoms with Crippen molar-refractivity contribution in [2.75, 3.05) is 12.4 Å². The number of anilines is 1. The highest BCUT2D eigenvalue weighted by atomic mass is 16.5. The number of nitrogens with zero attached hydrogens (tertiary/aromatic N) is 3. The first-order valence-electron chi connectivity index (χ1n) is 11.3. The molecular formula is C25H32N6O3. The highest BCUT2D eigenvalue weighted by molar-refractivity contribution is 5.96. The number of nitrogens with one attached hydrogen (secondary N) is 2. The molecule has 4 N–H and O–H groups in total. The molecular weight excluding hydrogens is 432 g/mol. The van der Waals surface area contributed by atoms with Crippen LogP contribution in [0.3, 0.4) is 0 Å². The van der Waals surface area contributed by atoms with Crippen LogP contribution in [0.4, 0.5) is 5.82 Å². The largest absolute Gasteiger partial charge is 0.481 e. The maximum absolute atomic E-state index is 13.5. The summed E-state index contributed by atoms with van der Waals surface area (Å²) in [4.78, 5) is 29.9. The molecule has 0 aliphatic carbocycles. The number of ether oxygens (including phenoxy) is 1. The first-order valence-corrected chi connectivity index (χ1v) is 11.3. The van der Waals surface area contributed by atoms with Gasteiger partial charge in [-0.1, -0.05) is 44.2 Å². The van der Waals surface area contributed by atoms with E-state index in [1.54, 1.807) is 37.2 Å². The number of aromatic nitrogens is 3. The second kappa shape index (κ2) is 10.9. The van der Waals surface area contributed by atoms with E-state index < -0.39 is 17.5 Å². The Morgan fingerprint density at radius 3 is 2.47 bits per heavy atom. The Kier molecular flexibility index (Phi) is 8.01. The van der Waals surface area contributed by atoms with Crippen molar-refractivity contribution in [3.8, 4) is 17.1 Å². The van der Waals surface area contributed by atoms with Crippen LogP contribution in [0.2, 0.25) is 0 Å². The Balaban J connectivity index is 1.87. The third-order valence-corrected chi connectivity index (χ3v) is 6.10. The number of primary amides is 1. The highest BCUT2D eigenvalue weighted by Gasteiger charge is 2.37. The van der Waals surface area contributed by atoms with Gasteiger partial charge in [-0.2, -0.15) is 5.10 Å². The Morgan fingerprint density at radius 1 is 1.15 bits per heavy atom. The molecule has 0 aliphatic rings. The summed E-state index contributed by atoms with van der Waals surface area (Å²) in [7, 11) is 3.30. The van der Waals surface area contributed by atoms with Gasteiger partial charge in [0.25, 0.3) is 0 Å². The average molecular weight is 465 g/mol. The van der Waals surface area contributed by atoms with Crippen LogP contribution in [-0.4, -0.2) is 45.3 Å². The van der Waals surface area contributed by atoms with E-state index >= 15 is 0 Å². The van der Waals surface area contributed by atoms with Crippen LogP contribution >= 0.6 is 0 Å². The first kappa shape index (κ1) is 24.9. The number of hydrogen-bond acceptors (Lipinski definition) is 6. The lowest BCUT2D eigenvalue weighted by molar-refractivity contribution is -0.126. The number of carbonyl (C=O) groups excluding carboxylic acids is 2. The number of amides is 2. The summed E-state index contributed by atoms with van der Waals surface area (Å²) in [6.07, 6.45) is 2.97. The van der Waals surface area contributed by atoms with Crippen molar-refractivity contribution >= 4 is 17.6 Å². The predicted molar refractivity (Wildman–Crippen MR) is 131 cm³/mol. The third-order valence-electron chi connectivity index (χ3n) is 6.10. The molecule has 34 heavy (non-hydrogen) atoms. The molecule has 9 nitrogen and oxygen atoms in total. The van der Waals surface area contributed by atoms with Gasteiger partial charge in [0, 0.05) is 30.9 Å². The summed E-state index contributed by atoms with van der Waals surface area (Å²) in [5.74, 6) is 0.243. The van der Waals surface area contributed by atoms with E-state index in [9.17, 15) is 9.59 Å². The lowest BCUT2D eigenvalue weighted by atomic mass is 9.89. The van der Waals surface area contributed by atoms with Crippen LogP contribution in [0.15, 0.2) is 54.7 Å². The van der Waals surface area contributed by atoms with E-state index in [1.807, 2.05) is 50.2 Å². The van der Waals surface area contributed by atoms with E-state index in [1.165, 1.54) is 0 Å². The second-order valence-electron chi connectivity index (χ2n) is 8.15. The van der Waals surface area contributed by atoms with Crippen LogP contribution in [0.25, 0.3) is 11.3 Å². The molecule has 1 aromatic carbocycles. The van der Waals surface area contributed by atoms with Crippen molar-refractivity contribution in [1.29, 1.82) is 0 Å². The first-order chi connectivity index (χ1) is 16.3. The lowest BCUT2D eigenvalue weighted by Gasteiger charge is -2.33. The normalized spacial score (nSPS) is 12.2. The maximum atomic E-state index is 13.5. The van der Waals surface area contributed by atoms with E-state index in [4.69, 9.17) is 10.5 Å². The molecule has 0 radical (unpaired) electrons. The summed E-state index contributed by atoms with van der Waals surface area (Å²) in [6.45, 7) is 3.77. The van der Waals surface area contributed by atoms with Gasteiger partial charge in [0.1, 0.15) is 5.82 Å². The smallest absolute Gasteiger partial charge is 0.243 e. The molecule has 180 valence electrons. The Labute approximate surface area is 199 Å². The quantitative estimate of drug-likeness (QED) is 0.401. The third kappa shape index (κ3) is 5.60. The van der Waals surface area contributed by atoms with Crippen molar-refractivity contribution in [2.45, 2.75) is 44.7 Å². The molecule has 0 saturated heterocycles. The molecule has 1 atom stereocenters. The summed E-state index contributed by atoms with van der Waals surface area (Å²) in [6, 6.07) is 14.3. The summed E-state index contributed by atoms with van der Waals surface area (Å²) < 4.78 is 6.79. The molecule has 9 heteroatoms. The molecule has 0 fully saturated rings. The fourth-order valence-corrected chi connectivity index (χ4v) is 3.89. The number of benzene rings is 1. The van der Waals surface area contributed by atoms with Gasteiger partial charge < -0.3 is 15.8 Å². The number of aryl methyl sites for hydroxylation is 1. The molecule has 0 unspecified atom stereocenters. The monoisotopic (exact) mass is 464 g/mol. The van der Waals surface area contributed by atoms with E-state index in [0.717, 1.165) is 11.1 Å². The van der Waals surface area contributed by atoms with Crippen LogP contribution in [0.1, 0.15) is 32.3 Å². The topological polar surface area (TPSA) is 124 Å². The van der Waals surface area contributed by atoms with E-state index in [2.05, 4.69) is 20.7 Å². The van der Waals surface area contributed by atoms with Crippen molar-refractivity contribution < 1.29 is 14.3 Å². The van der Waals surface area contributed by atoms with E-state index in [0.29, 0.717) is 36.7 Å². The number of methoxy groups -OCH3 is 1. The van der Waals surface area contributed by atoms with Crippen LogP contribution in [-0.2, 0) is 23.1 Å². The van der Waals surface area contributed by atoms with E-state index in [-0.39, 0.29) is 5.91 Å². The van der Waals surface area contributed by atoms with Crippen LogP contribution < -0.4 is 21.1 Å². The number of carbonyl (C=O) groups is 2. The van der Waals surface area contributed by atoms with Crippen LogP contribution in [0, 0.1) is 0 Å². The fourth-order valence-electron chi connectivity index (χ4n) is 3.89. The number of nitrogens with two attached hydrogens (primary N) is 1. The van der Waals surface area contributed by atoms with Gasteiger partial charge in [-0.25, -0.2) is 4.98 Å². The minimum atomic E-state index is -0.984. The number of rotatable bonds is 11. The molecule has 0 saturated carbocycles. The minimum absolute atomic E-state index is 0.279. The number of hydrogen-bond donors (Lipinski definition) is 3. The Morgan fingerprint density at radius 2 is 1.85 bits per heavy atom.